The summed E-state index contributed by atoms with van der Waals surface area (Å²) < 4.78 is 0. The van der Waals surface area contributed by atoms with E-state index in [2.05, 4.69) is 6.92 Å². The van der Waals surface area contributed by atoms with Crippen molar-refractivity contribution in [2.75, 3.05) is 0 Å². The standard InChI is InChI=1S/C18H30O3.CH2O3/c1-2-3-4-5-6-7-8-9-10-11-12-15-13-16(19)18(21)17(20)14-15;2-1(3)4/h13-14,19-21H,2-12H2,1H3;(H2,2,3,4). The molecule has 0 bridgehead atoms. The van der Waals surface area contributed by atoms with E-state index in [-0.39, 0.29) is 11.5 Å². The topological polar surface area (TPSA) is 118 Å². The molecule has 25 heavy (non-hydrogen) atoms. The summed E-state index contributed by atoms with van der Waals surface area (Å²) in [6.45, 7) is 2.24. The first kappa shape index (κ1) is 22.9. The zero-order chi connectivity index (χ0) is 19.1. The van der Waals surface area contributed by atoms with E-state index >= 15 is 0 Å². The lowest BCUT2D eigenvalue weighted by molar-refractivity contribution is 0.137. The van der Waals surface area contributed by atoms with Crippen molar-refractivity contribution in [3.05, 3.63) is 17.7 Å². The van der Waals surface area contributed by atoms with Crippen molar-refractivity contribution in [2.24, 2.45) is 0 Å². The molecule has 1 aromatic rings. The summed E-state index contributed by atoms with van der Waals surface area (Å²) in [5.74, 6) is -0.906. The fourth-order valence-corrected chi connectivity index (χ4v) is 2.62. The summed E-state index contributed by atoms with van der Waals surface area (Å²) in [4.78, 5) is 8.56. The average Bonchev–Trinajstić information content (AvgIpc) is 2.53. The summed E-state index contributed by atoms with van der Waals surface area (Å²) in [6.07, 6.45) is 11.9. The van der Waals surface area contributed by atoms with Crippen LogP contribution in [0.4, 0.5) is 4.79 Å². The Morgan fingerprint density at radius 1 is 0.760 bits per heavy atom. The van der Waals surface area contributed by atoms with Gasteiger partial charge in [0.1, 0.15) is 0 Å². The number of phenolic OH excluding ortho intramolecular Hbond substituents is 3. The molecule has 0 fully saturated rings. The van der Waals surface area contributed by atoms with Crippen LogP contribution in [0.1, 0.15) is 76.7 Å². The summed E-state index contributed by atoms with van der Waals surface area (Å²) in [7, 11) is 0. The Hall–Kier alpha value is -2.11. The highest BCUT2D eigenvalue weighted by atomic mass is 16.6. The minimum absolute atomic E-state index is 0.239. The van der Waals surface area contributed by atoms with Gasteiger partial charge in [-0.2, -0.15) is 0 Å². The lowest BCUT2D eigenvalue weighted by Crippen LogP contribution is -1.87. The van der Waals surface area contributed by atoms with Crippen molar-refractivity contribution in [2.45, 2.75) is 77.6 Å². The lowest BCUT2D eigenvalue weighted by Gasteiger charge is -2.06. The van der Waals surface area contributed by atoms with Crippen molar-refractivity contribution in [1.29, 1.82) is 0 Å². The van der Waals surface area contributed by atoms with Gasteiger partial charge in [-0.1, -0.05) is 64.7 Å². The molecular weight excluding hydrogens is 324 g/mol. The van der Waals surface area contributed by atoms with Crippen LogP contribution >= 0.6 is 0 Å². The van der Waals surface area contributed by atoms with Crippen LogP contribution in [0, 0.1) is 0 Å². The Morgan fingerprint density at radius 3 is 1.52 bits per heavy atom. The van der Waals surface area contributed by atoms with Crippen molar-refractivity contribution < 1.29 is 30.3 Å². The van der Waals surface area contributed by atoms with E-state index in [1.54, 1.807) is 0 Å². The van der Waals surface area contributed by atoms with E-state index in [1.165, 1.54) is 69.9 Å². The fourth-order valence-electron chi connectivity index (χ4n) is 2.62. The number of aromatic hydroxyl groups is 3. The van der Waals surface area contributed by atoms with Crippen molar-refractivity contribution in [3.63, 3.8) is 0 Å². The van der Waals surface area contributed by atoms with Crippen LogP contribution in [0.3, 0.4) is 0 Å². The van der Waals surface area contributed by atoms with Crippen molar-refractivity contribution in [1.82, 2.24) is 0 Å². The van der Waals surface area contributed by atoms with Crippen LogP contribution in [-0.2, 0) is 6.42 Å². The number of hydrogen-bond acceptors (Lipinski definition) is 4. The predicted octanol–water partition coefficient (Wildman–Crippen LogP) is 5.49. The van der Waals surface area contributed by atoms with Crippen LogP contribution < -0.4 is 0 Å². The van der Waals surface area contributed by atoms with Crippen LogP contribution in [0.5, 0.6) is 17.2 Å². The molecule has 6 heteroatoms. The molecule has 6 nitrogen and oxygen atoms in total. The van der Waals surface area contributed by atoms with Crippen LogP contribution in [0.15, 0.2) is 12.1 Å². The average molecular weight is 356 g/mol. The molecule has 5 N–H and O–H groups in total. The van der Waals surface area contributed by atoms with Gasteiger partial charge in [0.2, 0.25) is 0 Å². The minimum Gasteiger partial charge on any atom is -0.504 e. The van der Waals surface area contributed by atoms with Crippen molar-refractivity contribution >= 4 is 6.16 Å². The van der Waals surface area contributed by atoms with Gasteiger partial charge in [-0.15, -0.1) is 0 Å². The molecule has 0 heterocycles. The number of unbranched alkanes of at least 4 members (excludes halogenated alkanes) is 9. The minimum atomic E-state index is -1.83. The molecule has 0 spiro atoms. The number of benzene rings is 1. The number of carboxylic acid groups (broad SMARTS) is 2. The Bertz CT molecular complexity index is 460. The van der Waals surface area contributed by atoms with Crippen LogP contribution in [0.25, 0.3) is 0 Å². The maximum absolute atomic E-state index is 9.43. The lowest BCUT2D eigenvalue weighted by atomic mass is 10.0. The van der Waals surface area contributed by atoms with E-state index in [1.807, 2.05) is 0 Å². The van der Waals surface area contributed by atoms with Gasteiger partial charge < -0.3 is 25.5 Å². The second-order valence-corrected chi connectivity index (χ2v) is 6.20. The largest absolute Gasteiger partial charge is 0.504 e. The number of aryl methyl sites for hydroxylation is 1. The zero-order valence-electron chi connectivity index (χ0n) is 15.1. The van der Waals surface area contributed by atoms with E-state index < -0.39 is 11.9 Å². The van der Waals surface area contributed by atoms with Gasteiger partial charge in [0.25, 0.3) is 0 Å². The molecule has 0 saturated heterocycles. The highest BCUT2D eigenvalue weighted by Crippen LogP contribution is 2.35. The predicted molar refractivity (Wildman–Crippen MR) is 97.6 cm³/mol. The molecule has 0 aliphatic carbocycles. The molecule has 1 aromatic carbocycles. The Morgan fingerprint density at radius 2 is 1.12 bits per heavy atom. The maximum Gasteiger partial charge on any atom is 0.503 e. The normalized spacial score (nSPS) is 10.1. The van der Waals surface area contributed by atoms with Gasteiger partial charge in [0, 0.05) is 0 Å². The summed E-state index contributed by atoms with van der Waals surface area (Å²) >= 11 is 0. The molecule has 0 atom stereocenters. The zero-order valence-corrected chi connectivity index (χ0v) is 15.1. The monoisotopic (exact) mass is 356 g/mol. The molecular formula is C19H32O6. The highest BCUT2D eigenvalue weighted by Gasteiger charge is 2.07. The van der Waals surface area contributed by atoms with Crippen LogP contribution in [-0.4, -0.2) is 31.7 Å². The first-order valence-electron chi connectivity index (χ1n) is 9.04. The smallest absolute Gasteiger partial charge is 0.503 e. The number of rotatable bonds is 11. The molecule has 0 saturated carbocycles. The molecule has 0 amide bonds. The maximum atomic E-state index is 9.43. The molecule has 0 radical (unpaired) electrons. The second-order valence-electron chi connectivity index (χ2n) is 6.20. The number of hydrogen-bond donors (Lipinski definition) is 5. The van der Waals surface area contributed by atoms with Crippen LogP contribution in [0.2, 0.25) is 0 Å². The van der Waals surface area contributed by atoms with Gasteiger partial charge in [-0.3, -0.25) is 0 Å². The highest BCUT2D eigenvalue weighted by molar-refractivity contribution is 5.53. The Kier molecular flexibility index (Phi) is 13.0. The number of carbonyl (C=O) groups is 1. The van der Waals surface area contributed by atoms with Gasteiger partial charge >= 0.3 is 6.16 Å². The van der Waals surface area contributed by atoms with Crippen molar-refractivity contribution in [3.8, 4) is 17.2 Å². The van der Waals surface area contributed by atoms with Gasteiger partial charge in [-0.25, -0.2) is 4.79 Å². The molecule has 0 aliphatic heterocycles. The quantitative estimate of drug-likeness (QED) is 0.264. The molecule has 0 aromatic heterocycles. The molecule has 0 unspecified atom stereocenters. The van der Waals surface area contributed by atoms with Gasteiger partial charge in [0.15, 0.2) is 17.2 Å². The second kappa shape index (κ2) is 14.3. The van der Waals surface area contributed by atoms with E-state index in [0.29, 0.717) is 0 Å². The molecule has 144 valence electrons. The fraction of sp³-hybridized carbons (Fsp3) is 0.632. The third kappa shape index (κ3) is 12.9. The molecule has 1 rings (SSSR count). The Labute approximate surface area is 149 Å². The first-order chi connectivity index (χ1) is 11.9. The number of phenols is 3. The first-order valence-corrected chi connectivity index (χ1v) is 9.04. The van der Waals surface area contributed by atoms with Gasteiger partial charge in [-0.05, 0) is 30.5 Å². The van der Waals surface area contributed by atoms with E-state index in [4.69, 9.17) is 15.0 Å². The Balaban J connectivity index is 0.00000129. The summed E-state index contributed by atoms with van der Waals surface area (Å²) in [5.41, 5.74) is 0.877. The molecule has 0 aliphatic rings. The van der Waals surface area contributed by atoms with E-state index in [0.717, 1.165) is 18.4 Å². The summed E-state index contributed by atoms with van der Waals surface area (Å²) in [5, 5.41) is 42.1. The van der Waals surface area contributed by atoms with E-state index in [9.17, 15) is 15.3 Å². The summed E-state index contributed by atoms with van der Waals surface area (Å²) in [6, 6.07) is 3.06. The third-order valence-corrected chi connectivity index (χ3v) is 3.95. The third-order valence-electron chi connectivity index (χ3n) is 3.95. The van der Waals surface area contributed by atoms with Gasteiger partial charge in [0.05, 0.1) is 0 Å². The SMILES string of the molecule is CCCCCCCCCCCCc1cc(O)c(O)c(O)c1.O=C(O)O.